The van der Waals surface area contributed by atoms with Crippen LogP contribution in [0.2, 0.25) is 5.02 Å². The molecule has 0 bridgehead atoms. The van der Waals surface area contributed by atoms with E-state index in [1.165, 1.54) is 10.9 Å². The maximum Gasteiger partial charge on any atom is 0.292 e. The fourth-order valence-corrected chi connectivity index (χ4v) is 2.30. The van der Waals surface area contributed by atoms with Gasteiger partial charge in [-0.1, -0.05) is 29.8 Å². The Kier molecular flexibility index (Phi) is 5.11. The quantitative estimate of drug-likeness (QED) is 0.563. The van der Waals surface area contributed by atoms with E-state index in [2.05, 4.69) is 15.6 Å². The van der Waals surface area contributed by atoms with Gasteiger partial charge in [-0.3, -0.25) is 10.2 Å². The summed E-state index contributed by atoms with van der Waals surface area (Å²) in [5, 5.41) is 8.23. The van der Waals surface area contributed by atoms with E-state index in [4.69, 9.17) is 16.3 Å². The summed E-state index contributed by atoms with van der Waals surface area (Å²) in [5.74, 6) is 0.766. The zero-order valence-electron chi connectivity index (χ0n) is 13.4. The lowest BCUT2D eigenvalue weighted by molar-refractivity contribution is 0.415. The van der Waals surface area contributed by atoms with E-state index >= 15 is 0 Å². The molecular weight excluding hydrogens is 340 g/mol. The number of hydrogen-bond donors (Lipinski definition) is 1. The average Bonchev–Trinajstić information content (AvgIpc) is 2.66. The van der Waals surface area contributed by atoms with Crippen LogP contribution in [0.15, 0.2) is 70.7 Å². The summed E-state index contributed by atoms with van der Waals surface area (Å²) in [6.07, 6.45) is 3.07. The second-order valence-corrected chi connectivity index (χ2v) is 5.45. The molecule has 3 rings (SSSR count). The van der Waals surface area contributed by atoms with Crippen molar-refractivity contribution in [2.75, 3.05) is 12.5 Å². The molecule has 0 unspecified atom stereocenters. The highest BCUT2D eigenvalue weighted by Crippen LogP contribution is 2.16. The normalized spacial score (nSPS) is 10.8. The van der Waals surface area contributed by atoms with Crippen LogP contribution in [0.4, 0.5) is 5.69 Å². The van der Waals surface area contributed by atoms with E-state index in [9.17, 15) is 4.79 Å². The van der Waals surface area contributed by atoms with Gasteiger partial charge in [0.1, 0.15) is 16.5 Å². The molecule has 25 heavy (non-hydrogen) atoms. The first kappa shape index (κ1) is 16.7. The number of methoxy groups -OCH3 is 1. The van der Waals surface area contributed by atoms with E-state index in [-0.39, 0.29) is 5.02 Å². The van der Waals surface area contributed by atoms with Gasteiger partial charge in [-0.15, -0.1) is 0 Å². The summed E-state index contributed by atoms with van der Waals surface area (Å²) < 4.78 is 6.33. The van der Waals surface area contributed by atoms with Gasteiger partial charge >= 0.3 is 0 Å². The first-order valence-corrected chi connectivity index (χ1v) is 7.83. The Labute approximate surface area is 149 Å². The van der Waals surface area contributed by atoms with Crippen LogP contribution in [0.3, 0.4) is 0 Å². The Morgan fingerprint density at radius 2 is 1.88 bits per heavy atom. The van der Waals surface area contributed by atoms with E-state index in [0.717, 1.165) is 11.3 Å². The van der Waals surface area contributed by atoms with Crippen molar-refractivity contribution in [3.8, 4) is 11.4 Å². The summed E-state index contributed by atoms with van der Waals surface area (Å²) in [6.45, 7) is 0. The minimum absolute atomic E-state index is 0.0192. The van der Waals surface area contributed by atoms with Crippen molar-refractivity contribution in [2.45, 2.75) is 0 Å². The van der Waals surface area contributed by atoms with Crippen molar-refractivity contribution in [1.82, 2.24) is 9.78 Å². The number of hydrogen-bond acceptors (Lipinski definition) is 5. The minimum atomic E-state index is -0.419. The highest BCUT2D eigenvalue weighted by molar-refractivity contribution is 6.32. The summed E-state index contributed by atoms with van der Waals surface area (Å²) in [6, 6.07) is 16.4. The predicted octanol–water partition coefficient (Wildman–Crippen LogP) is 3.34. The number of para-hydroxylation sites is 1. The van der Waals surface area contributed by atoms with Gasteiger partial charge in [0.05, 0.1) is 25.2 Å². The molecule has 0 saturated heterocycles. The fraction of sp³-hybridized carbons (Fsp3) is 0.0556. The average molecular weight is 355 g/mol. The number of anilines is 1. The van der Waals surface area contributed by atoms with Gasteiger partial charge in [-0.2, -0.15) is 14.9 Å². The number of nitrogens with zero attached hydrogens (tertiary/aromatic N) is 3. The molecule has 0 saturated carbocycles. The number of ether oxygens (including phenoxy) is 1. The molecule has 0 amide bonds. The lowest BCUT2D eigenvalue weighted by Gasteiger charge is -2.07. The second-order valence-electron chi connectivity index (χ2n) is 5.07. The van der Waals surface area contributed by atoms with Gasteiger partial charge in [-0.25, -0.2) is 0 Å². The highest BCUT2D eigenvalue weighted by Gasteiger charge is 2.09. The minimum Gasteiger partial charge on any atom is -0.497 e. The van der Waals surface area contributed by atoms with Gasteiger partial charge < -0.3 is 4.74 Å². The number of hydrazone groups is 1. The molecule has 0 atom stereocenters. The SMILES string of the molecule is COc1ccc(/C=N/Nc2cnn(-c3ccccc3)c(=O)c2Cl)cc1. The van der Waals surface area contributed by atoms with E-state index in [0.29, 0.717) is 11.4 Å². The molecule has 1 N–H and O–H groups in total. The third-order valence-corrected chi connectivity index (χ3v) is 3.80. The number of rotatable bonds is 5. The van der Waals surface area contributed by atoms with Crippen LogP contribution in [0.25, 0.3) is 5.69 Å². The fourth-order valence-electron chi connectivity index (χ4n) is 2.13. The third-order valence-electron chi connectivity index (χ3n) is 3.43. The molecule has 0 spiro atoms. The zero-order chi connectivity index (χ0) is 17.6. The van der Waals surface area contributed by atoms with Crippen molar-refractivity contribution in [3.63, 3.8) is 0 Å². The number of nitrogens with one attached hydrogen (secondary N) is 1. The van der Waals surface area contributed by atoms with Gasteiger partial charge in [0.2, 0.25) is 0 Å². The molecule has 0 aliphatic heterocycles. The topological polar surface area (TPSA) is 68.5 Å². The molecule has 1 heterocycles. The lowest BCUT2D eigenvalue weighted by atomic mass is 10.2. The van der Waals surface area contributed by atoms with Gasteiger partial charge in [0.25, 0.3) is 5.56 Å². The number of halogens is 1. The number of aromatic nitrogens is 2. The Hall–Kier alpha value is -3.12. The van der Waals surface area contributed by atoms with Crippen molar-refractivity contribution in [2.24, 2.45) is 5.10 Å². The van der Waals surface area contributed by atoms with Crippen molar-refractivity contribution in [3.05, 3.63) is 81.7 Å². The summed E-state index contributed by atoms with van der Waals surface area (Å²) in [4.78, 5) is 12.4. The number of benzene rings is 2. The van der Waals surface area contributed by atoms with E-state index in [1.807, 2.05) is 42.5 Å². The van der Waals surface area contributed by atoms with Crippen LogP contribution < -0.4 is 15.7 Å². The molecule has 0 fully saturated rings. The van der Waals surface area contributed by atoms with Crippen LogP contribution >= 0.6 is 11.6 Å². The van der Waals surface area contributed by atoms with Gasteiger partial charge in [0.15, 0.2) is 0 Å². The maximum atomic E-state index is 12.4. The van der Waals surface area contributed by atoms with Gasteiger partial charge in [-0.05, 0) is 42.0 Å². The van der Waals surface area contributed by atoms with Crippen LogP contribution in [0.5, 0.6) is 5.75 Å². The molecule has 2 aromatic carbocycles. The standard InChI is InChI=1S/C18H15ClN4O2/c1-25-15-9-7-13(8-10-15)11-20-22-16-12-21-23(18(24)17(16)19)14-5-3-2-4-6-14/h2-12,22H,1H3/b20-11+. The smallest absolute Gasteiger partial charge is 0.292 e. The molecule has 6 nitrogen and oxygen atoms in total. The highest BCUT2D eigenvalue weighted by atomic mass is 35.5. The molecule has 0 radical (unpaired) electrons. The Bertz CT molecular complexity index is 938. The van der Waals surface area contributed by atoms with Crippen molar-refractivity contribution >= 4 is 23.5 Å². The molecule has 3 aromatic rings. The maximum absolute atomic E-state index is 12.4. The van der Waals surface area contributed by atoms with E-state index in [1.54, 1.807) is 25.5 Å². The van der Waals surface area contributed by atoms with Crippen molar-refractivity contribution < 1.29 is 4.74 Å². The summed E-state index contributed by atoms with van der Waals surface area (Å²) in [7, 11) is 1.61. The molecule has 0 aliphatic carbocycles. The summed E-state index contributed by atoms with van der Waals surface area (Å²) >= 11 is 6.14. The summed E-state index contributed by atoms with van der Waals surface area (Å²) in [5.41, 5.74) is 4.17. The first-order chi connectivity index (χ1) is 12.2. The second kappa shape index (κ2) is 7.63. The van der Waals surface area contributed by atoms with Crippen LogP contribution in [0.1, 0.15) is 5.56 Å². The molecule has 0 aliphatic rings. The molecule has 1 aromatic heterocycles. The largest absolute Gasteiger partial charge is 0.497 e. The van der Waals surface area contributed by atoms with E-state index < -0.39 is 5.56 Å². The zero-order valence-corrected chi connectivity index (χ0v) is 14.1. The van der Waals surface area contributed by atoms with Gasteiger partial charge in [0, 0.05) is 0 Å². The molecular formula is C18H15ClN4O2. The molecule has 7 heteroatoms. The van der Waals surface area contributed by atoms with Crippen LogP contribution in [0, 0.1) is 0 Å². The molecule has 126 valence electrons. The predicted molar refractivity (Wildman–Crippen MR) is 99.1 cm³/mol. The first-order valence-electron chi connectivity index (χ1n) is 7.45. The van der Waals surface area contributed by atoms with Crippen LogP contribution in [-0.4, -0.2) is 23.1 Å². The Balaban J connectivity index is 1.78. The third kappa shape index (κ3) is 3.87. The Morgan fingerprint density at radius 1 is 1.16 bits per heavy atom. The lowest BCUT2D eigenvalue weighted by Crippen LogP contribution is -2.22. The van der Waals surface area contributed by atoms with Crippen LogP contribution in [-0.2, 0) is 0 Å². The monoisotopic (exact) mass is 354 g/mol. The van der Waals surface area contributed by atoms with Crippen molar-refractivity contribution in [1.29, 1.82) is 0 Å². The Morgan fingerprint density at radius 3 is 2.56 bits per heavy atom.